The lowest BCUT2D eigenvalue weighted by Gasteiger charge is -2.26. The summed E-state index contributed by atoms with van der Waals surface area (Å²) in [5, 5.41) is 1.37. The van der Waals surface area contributed by atoms with E-state index in [1.165, 1.54) is 32.8 Å². The molecule has 2 aromatic rings. The fourth-order valence-electron chi connectivity index (χ4n) is 3.23. The predicted octanol–water partition coefficient (Wildman–Crippen LogP) is 5.21. The Kier molecular flexibility index (Phi) is 3.99. The van der Waals surface area contributed by atoms with Crippen molar-refractivity contribution in [2.75, 3.05) is 0 Å². The largest absolute Gasteiger partial charge is 0.263 e. The molecule has 2 heteroatoms. The Morgan fingerprint density at radius 1 is 1.29 bits per heavy atom. The van der Waals surface area contributed by atoms with E-state index in [9.17, 15) is 0 Å². The lowest BCUT2D eigenvalue weighted by Crippen LogP contribution is -2.33. The molecule has 0 fully saturated rings. The predicted molar refractivity (Wildman–Crippen MR) is 92.4 cm³/mol. The minimum Gasteiger partial charge on any atom is -0.182 e. The normalized spacial score (nSPS) is 24.6. The molecule has 0 N–H and O–H groups in total. The second kappa shape index (κ2) is 5.76. The summed E-state index contributed by atoms with van der Waals surface area (Å²) < 4.78 is 3.81. The molecule has 0 saturated heterocycles. The summed E-state index contributed by atoms with van der Waals surface area (Å²) in [4.78, 5) is 0. The second-order valence-corrected chi connectivity index (χ2v) is 7.29. The molecule has 3 rings (SSSR count). The molecule has 110 valence electrons. The third-order valence-electron chi connectivity index (χ3n) is 4.80. The molecule has 0 spiro atoms. The fourth-order valence-corrected chi connectivity index (χ4v) is 4.43. The van der Waals surface area contributed by atoms with Crippen LogP contribution in [0.15, 0.2) is 41.5 Å². The number of allylic oxidation sites excluding steroid dienone is 3. The van der Waals surface area contributed by atoms with E-state index in [4.69, 9.17) is 0 Å². The zero-order valence-corrected chi connectivity index (χ0v) is 14.2. The molecule has 0 amide bonds. The van der Waals surface area contributed by atoms with Gasteiger partial charge in [0.2, 0.25) is 5.52 Å². The van der Waals surface area contributed by atoms with Crippen LogP contribution in [0.5, 0.6) is 0 Å². The first-order valence-corrected chi connectivity index (χ1v) is 8.72. The number of hydrogen-bond donors (Lipinski definition) is 0. The van der Waals surface area contributed by atoms with Gasteiger partial charge < -0.3 is 0 Å². The maximum Gasteiger partial charge on any atom is 0.263 e. The van der Waals surface area contributed by atoms with Gasteiger partial charge in [-0.15, -0.1) is 0 Å². The number of aryl methyl sites for hydroxylation is 1. The average Bonchev–Trinajstić information content (AvgIpc) is 2.81. The van der Waals surface area contributed by atoms with Crippen LogP contribution in [-0.4, -0.2) is 0 Å². The van der Waals surface area contributed by atoms with E-state index in [-0.39, 0.29) is 0 Å². The number of rotatable bonds is 2. The number of fused-ring (bicyclic) bond motifs is 1. The molecule has 0 radical (unpaired) electrons. The summed E-state index contributed by atoms with van der Waals surface area (Å²) in [7, 11) is 0. The molecule has 0 unspecified atom stereocenters. The first kappa shape index (κ1) is 14.5. The van der Waals surface area contributed by atoms with Gasteiger partial charge in [0.15, 0.2) is 0 Å². The fraction of sp³-hybridized carbons (Fsp3) is 0.421. The van der Waals surface area contributed by atoms with Crippen molar-refractivity contribution in [3.63, 3.8) is 0 Å². The minimum absolute atomic E-state index is 0.711. The Bertz CT molecular complexity index is 720. The van der Waals surface area contributed by atoms with Crippen molar-refractivity contribution in [2.24, 2.45) is 11.8 Å². The van der Waals surface area contributed by atoms with Crippen molar-refractivity contribution >= 4 is 27.6 Å². The molecule has 1 aliphatic rings. The Balaban J connectivity index is 2.07. The summed E-state index contributed by atoms with van der Waals surface area (Å²) in [6.45, 7) is 10.2. The van der Waals surface area contributed by atoms with Gasteiger partial charge in [0.1, 0.15) is 11.2 Å². The smallest absolute Gasteiger partial charge is 0.182 e. The molecule has 1 aromatic carbocycles. The first-order chi connectivity index (χ1) is 10.1. The van der Waals surface area contributed by atoms with Crippen LogP contribution in [0.2, 0.25) is 0 Å². The highest BCUT2D eigenvalue weighted by atomic mass is 32.1. The highest BCUT2D eigenvalue weighted by Gasteiger charge is 2.22. The Morgan fingerprint density at radius 2 is 2.05 bits per heavy atom. The molecule has 0 aliphatic heterocycles. The average molecular weight is 298 g/mol. The summed E-state index contributed by atoms with van der Waals surface area (Å²) in [5.41, 5.74) is 4.35. The Hall–Kier alpha value is -1.41. The van der Waals surface area contributed by atoms with Crippen LogP contribution in [0.25, 0.3) is 16.3 Å². The van der Waals surface area contributed by atoms with E-state index in [0.29, 0.717) is 5.92 Å². The highest BCUT2D eigenvalue weighted by Crippen LogP contribution is 2.34. The van der Waals surface area contributed by atoms with Crippen molar-refractivity contribution in [2.45, 2.75) is 40.7 Å². The standard InChI is InChI=1S/C19H24NS/c1-5-20-17-8-6-7-9-18(17)21-19(20)12-16-10-13(2)15(4)14(3)11-16/h6-10,12,14-15H,5,11H2,1-4H3/q+1/b16-12-/t14-,15+/m0/s1. The molecular formula is C19H24NS+. The van der Waals surface area contributed by atoms with Crippen LogP contribution in [-0.2, 0) is 6.54 Å². The van der Waals surface area contributed by atoms with Crippen LogP contribution in [0.3, 0.4) is 0 Å². The lowest BCUT2D eigenvalue weighted by atomic mass is 9.79. The second-order valence-electron chi connectivity index (χ2n) is 6.23. The van der Waals surface area contributed by atoms with Crippen molar-refractivity contribution in [1.29, 1.82) is 0 Å². The monoisotopic (exact) mass is 298 g/mol. The maximum atomic E-state index is 2.43. The van der Waals surface area contributed by atoms with Gasteiger partial charge in [0.05, 0.1) is 0 Å². The van der Waals surface area contributed by atoms with Crippen LogP contribution in [0.1, 0.15) is 39.1 Å². The van der Waals surface area contributed by atoms with Crippen molar-refractivity contribution < 1.29 is 4.57 Å². The number of nitrogens with zero attached hydrogens (tertiary/aromatic N) is 1. The van der Waals surface area contributed by atoms with E-state index in [1.807, 2.05) is 11.3 Å². The van der Waals surface area contributed by atoms with Crippen LogP contribution in [0.4, 0.5) is 0 Å². The van der Waals surface area contributed by atoms with Gasteiger partial charge >= 0.3 is 0 Å². The quantitative estimate of drug-likeness (QED) is 0.670. The van der Waals surface area contributed by atoms with Crippen molar-refractivity contribution in [3.05, 3.63) is 46.5 Å². The minimum atomic E-state index is 0.711. The van der Waals surface area contributed by atoms with Gasteiger partial charge in [-0.05, 0) is 43.7 Å². The number of hydrogen-bond acceptors (Lipinski definition) is 1. The van der Waals surface area contributed by atoms with Crippen LogP contribution >= 0.6 is 11.3 Å². The molecule has 2 atom stereocenters. The molecule has 1 heterocycles. The van der Waals surface area contributed by atoms with E-state index in [0.717, 1.165) is 12.5 Å². The molecule has 1 aliphatic carbocycles. The van der Waals surface area contributed by atoms with Crippen molar-refractivity contribution in [3.8, 4) is 0 Å². The first-order valence-electron chi connectivity index (χ1n) is 7.90. The molecule has 21 heavy (non-hydrogen) atoms. The van der Waals surface area contributed by atoms with Gasteiger partial charge in [-0.2, -0.15) is 4.57 Å². The van der Waals surface area contributed by atoms with Gasteiger partial charge in [0.25, 0.3) is 5.01 Å². The molecule has 1 aromatic heterocycles. The van der Waals surface area contributed by atoms with E-state index in [1.54, 1.807) is 0 Å². The van der Waals surface area contributed by atoms with Crippen molar-refractivity contribution in [1.82, 2.24) is 0 Å². The Labute approximate surface area is 131 Å². The number of thiazole rings is 1. The van der Waals surface area contributed by atoms with Gasteiger partial charge in [-0.1, -0.05) is 49.0 Å². The highest BCUT2D eigenvalue weighted by molar-refractivity contribution is 7.18. The lowest BCUT2D eigenvalue weighted by molar-refractivity contribution is -0.665. The summed E-state index contributed by atoms with van der Waals surface area (Å²) in [6, 6.07) is 8.71. The van der Waals surface area contributed by atoms with E-state index >= 15 is 0 Å². The molecule has 0 saturated carbocycles. The maximum absolute atomic E-state index is 2.43. The Morgan fingerprint density at radius 3 is 2.76 bits per heavy atom. The van der Waals surface area contributed by atoms with Gasteiger partial charge in [-0.25, -0.2) is 0 Å². The molecule has 0 bridgehead atoms. The number of benzene rings is 1. The summed E-state index contributed by atoms with van der Waals surface area (Å²) in [5.74, 6) is 1.45. The molecule has 1 nitrogen and oxygen atoms in total. The van der Waals surface area contributed by atoms with Crippen LogP contribution in [0, 0.1) is 11.8 Å². The number of para-hydroxylation sites is 1. The zero-order chi connectivity index (χ0) is 15.0. The van der Waals surface area contributed by atoms with Gasteiger partial charge in [-0.3, -0.25) is 0 Å². The van der Waals surface area contributed by atoms with E-state index in [2.05, 4.69) is 68.7 Å². The third kappa shape index (κ3) is 2.69. The summed E-state index contributed by atoms with van der Waals surface area (Å²) >= 11 is 1.90. The molecular weight excluding hydrogens is 274 g/mol. The summed E-state index contributed by atoms with van der Waals surface area (Å²) in [6.07, 6.45) is 5.99. The zero-order valence-electron chi connectivity index (χ0n) is 13.4. The number of aromatic nitrogens is 1. The van der Waals surface area contributed by atoms with E-state index < -0.39 is 0 Å². The topological polar surface area (TPSA) is 3.88 Å². The van der Waals surface area contributed by atoms with Crippen LogP contribution < -0.4 is 4.57 Å². The SMILES string of the molecule is CC[n+]1c(/C=C2/C=C(C)[C@@H](C)[C@@H](C)C2)sc2ccccc21. The third-order valence-corrected chi connectivity index (χ3v) is 5.92. The van der Waals surface area contributed by atoms with Gasteiger partial charge in [0, 0.05) is 12.1 Å².